The Hall–Kier alpha value is -4.13. The van der Waals surface area contributed by atoms with Crippen molar-refractivity contribution in [1.82, 2.24) is 0 Å². The minimum atomic E-state index is -0.210. The van der Waals surface area contributed by atoms with Gasteiger partial charge in [0.15, 0.2) is 0 Å². The van der Waals surface area contributed by atoms with Gasteiger partial charge in [0.1, 0.15) is 0 Å². The number of benzene rings is 4. The summed E-state index contributed by atoms with van der Waals surface area (Å²) in [5.41, 5.74) is 4.40. The lowest BCUT2D eigenvalue weighted by molar-refractivity contribution is 0.0988. The zero-order valence-corrected chi connectivity index (χ0v) is 20.9. The van der Waals surface area contributed by atoms with Crippen LogP contribution in [-0.4, -0.2) is 30.1 Å². The molecular weight excluding hydrogens is 480 g/mol. The van der Waals surface area contributed by atoms with E-state index < -0.39 is 0 Å². The van der Waals surface area contributed by atoms with Gasteiger partial charge in [-0.2, -0.15) is 0 Å². The average molecular weight is 507 g/mol. The van der Waals surface area contributed by atoms with Crippen LogP contribution in [0.5, 0.6) is 0 Å². The highest BCUT2D eigenvalue weighted by Crippen LogP contribution is 2.39. The zero-order chi connectivity index (χ0) is 25.6. The number of anilines is 2. The Morgan fingerprint density at radius 1 is 0.838 bits per heavy atom. The van der Waals surface area contributed by atoms with Crippen molar-refractivity contribution in [3.63, 3.8) is 0 Å². The third-order valence-corrected chi connectivity index (χ3v) is 7.35. The van der Waals surface area contributed by atoms with E-state index in [2.05, 4.69) is 5.32 Å². The van der Waals surface area contributed by atoms with Crippen LogP contribution in [0.4, 0.5) is 11.4 Å². The molecule has 0 aliphatic carbocycles. The van der Waals surface area contributed by atoms with Gasteiger partial charge < -0.3 is 15.3 Å². The summed E-state index contributed by atoms with van der Waals surface area (Å²) < 4.78 is 0. The highest BCUT2D eigenvalue weighted by atomic mass is 32.2. The van der Waals surface area contributed by atoms with Crippen molar-refractivity contribution in [2.75, 3.05) is 23.4 Å². The molecule has 5 rings (SSSR count). The van der Waals surface area contributed by atoms with Gasteiger partial charge >= 0.3 is 0 Å². The van der Waals surface area contributed by atoms with E-state index in [1.807, 2.05) is 84.9 Å². The number of thioether (sulfide) groups is 1. The molecule has 0 radical (unpaired) electrons. The molecule has 0 aromatic heterocycles. The lowest BCUT2D eigenvalue weighted by Gasteiger charge is -2.22. The first kappa shape index (κ1) is 24.6. The van der Waals surface area contributed by atoms with E-state index in [0.717, 1.165) is 26.6 Å². The number of fused-ring (bicyclic) bond motifs is 1. The van der Waals surface area contributed by atoms with Crippen LogP contribution in [0.2, 0.25) is 0 Å². The number of nitrogens with one attached hydrogen (secondary N) is 1. The molecule has 0 atom stereocenters. The summed E-state index contributed by atoms with van der Waals surface area (Å²) in [5, 5.41) is 12.3. The minimum absolute atomic E-state index is 0.0674. The van der Waals surface area contributed by atoms with E-state index in [9.17, 15) is 14.7 Å². The molecule has 6 heteroatoms. The minimum Gasteiger partial charge on any atom is -0.396 e. The van der Waals surface area contributed by atoms with Gasteiger partial charge in [-0.25, -0.2) is 0 Å². The number of amides is 2. The topological polar surface area (TPSA) is 69.6 Å². The van der Waals surface area contributed by atoms with E-state index in [1.165, 1.54) is 0 Å². The summed E-state index contributed by atoms with van der Waals surface area (Å²) >= 11 is 1.59. The molecule has 0 unspecified atom stereocenters. The van der Waals surface area contributed by atoms with Crippen LogP contribution in [0.15, 0.2) is 119 Å². The van der Waals surface area contributed by atoms with E-state index >= 15 is 0 Å². The van der Waals surface area contributed by atoms with Gasteiger partial charge in [-0.05, 0) is 58.5 Å². The standard InChI is InChI=1S/C31H26N2O3S/c34-21-19-25-18-20-33(28-12-6-7-13-29(28)37-25)31(36)23-14-16-24(17-15-23)32-30(35)27-11-5-4-10-26(27)22-8-2-1-3-9-22/h1-18,34H,19-21H2,(H,32,35). The van der Waals surface area contributed by atoms with Crippen LogP contribution in [0, 0.1) is 0 Å². The summed E-state index contributed by atoms with van der Waals surface area (Å²) in [6.45, 7) is 0.491. The van der Waals surface area contributed by atoms with Crippen molar-refractivity contribution in [1.29, 1.82) is 0 Å². The van der Waals surface area contributed by atoms with E-state index in [4.69, 9.17) is 0 Å². The van der Waals surface area contributed by atoms with Crippen LogP contribution in [0.25, 0.3) is 11.1 Å². The van der Waals surface area contributed by atoms with Gasteiger partial charge in [0, 0.05) is 41.3 Å². The number of hydrogen-bond acceptors (Lipinski definition) is 4. The molecule has 0 spiro atoms. The quantitative estimate of drug-likeness (QED) is 0.308. The molecule has 5 nitrogen and oxygen atoms in total. The molecule has 37 heavy (non-hydrogen) atoms. The van der Waals surface area contributed by atoms with Crippen LogP contribution in [0.3, 0.4) is 0 Å². The van der Waals surface area contributed by atoms with Crippen LogP contribution < -0.4 is 10.2 Å². The first-order valence-electron chi connectivity index (χ1n) is 12.1. The van der Waals surface area contributed by atoms with Crippen LogP contribution in [0.1, 0.15) is 27.1 Å². The van der Waals surface area contributed by atoms with Crippen LogP contribution >= 0.6 is 11.8 Å². The molecule has 0 saturated heterocycles. The summed E-state index contributed by atoms with van der Waals surface area (Å²) in [6.07, 6.45) is 2.56. The van der Waals surface area contributed by atoms with E-state index in [0.29, 0.717) is 29.8 Å². The lowest BCUT2D eigenvalue weighted by Crippen LogP contribution is -2.31. The number of nitrogens with zero attached hydrogens (tertiary/aromatic N) is 1. The molecule has 1 aliphatic rings. The number of hydrogen-bond donors (Lipinski definition) is 2. The van der Waals surface area contributed by atoms with Gasteiger partial charge in [-0.15, -0.1) is 0 Å². The maximum atomic E-state index is 13.5. The second-order valence-corrected chi connectivity index (χ2v) is 9.74. The predicted molar refractivity (Wildman–Crippen MR) is 150 cm³/mol. The van der Waals surface area contributed by atoms with E-state index in [1.54, 1.807) is 40.9 Å². The number of aliphatic hydroxyl groups excluding tert-OH is 1. The fourth-order valence-electron chi connectivity index (χ4n) is 4.30. The number of aliphatic hydroxyl groups is 1. The molecule has 2 N–H and O–H groups in total. The molecule has 4 aromatic rings. The highest BCUT2D eigenvalue weighted by molar-refractivity contribution is 8.03. The van der Waals surface area contributed by atoms with Crippen molar-refractivity contribution >= 4 is 35.0 Å². The van der Waals surface area contributed by atoms with Crippen molar-refractivity contribution < 1.29 is 14.7 Å². The molecule has 4 aromatic carbocycles. The number of carbonyl (C=O) groups is 2. The number of para-hydroxylation sites is 1. The Balaban J connectivity index is 1.35. The predicted octanol–water partition coefficient (Wildman–Crippen LogP) is 6.62. The largest absolute Gasteiger partial charge is 0.396 e. The van der Waals surface area contributed by atoms with Gasteiger partial charge in [-0.3, -0.25) is 9.59 Å². The van der Waals surface area contributed by atoms with Crippen molar-refractivity contribution in [2.45, 2.75) is 11.3 Å². The second-order valence-electron chi connectivity index (χ2n) is 8.57. The molecule has 2 amide bonds. The van der Waals surface area contributed by atoms with Gasteiger partial charge in [0.2, 0.25) is 0 Å². The molecule has 1 aliphatic heterocycles. The van der Waals surface area contributed by atoms with Crippen molar-refractivity contribution in [3.8, 4) is 11.1 Å². The molecule has 0 bridgehead atoms. The number of rotatable bonds is 6. The molecule has 184 valence electrons. The number of carbonyl (C=O) groups excluding carboxylic acids is 2. The Bertz CT molecular complexity index is 1450. The first-order chi connectivity index (χ1) is 18.1. The third kappa shape index (κ3) is 5.50. The SMILES string of the molecule is O=C(Nc1ccc(C(=O)N2CC=C(CCO)Sc3ccccc32)cc1)c1ccccc1-c1ccccc1. The maximum absolute atomic E-state index is 13.5. The second kappa shape index (κ2) is 11.3. The monoisotopic (exact) mass is 506 g/mol. The van der Waals surface area contributed by atoms with E-state index in [-0.39, 0.29) is 18.4 Å². The summed E-state index contributed by atoms with van der Waals surface area (Å²) in [5.74, 6) is -0.333. The Kier molecular flexibility index (Phi) is 7.49. The fourth-order valence-corrected chi connectivity index (χ4v) is 5.36. The van der Waals surface area contributed by atoms with Crippen LogP contribution in [-0.2, 0) is 0 Å². The Morgan fingerprint density at radius 2 is 1.54 bits per heavy atom. The smallest absolute Gasteiger partial charge is 0.258 e. The van der Waals surface area contributed by atoms with Gasteiger partial charge in [-0.1, -0.05) is 78.5 Å². The maximum Gasteiger partial charge on any atom is 0.258 e. The molecule has 0 saturated carbocycles. The van der Waals surface area contributed by atoms with Gasteiger partial charge in [0.25, 0.3) is 11.8 Å². The average Bonchev–Trinajstić information content (AvgIpc) is 3.13. The molecular formula is C31H26N2O3S. The normalized spacial score (nSPS) is 12.8. The first-order valence-corrected chi connectivity index (χ1v) is 12.9. The molecule has 1 heterocycles. The summed E-state index contributed by atoms with van der Waals surface area (Å²) in [6, 6.07) is 32.1. The highest BCUT2D eigenvalue weighted by Gasteiger charge is 2.23. The van der Waals surface area contributed by atoms with Crippen molar-refractivity contribution in [3.05, 3.63) is 125 Å². The lowest BCUT2D eigenvalue weighted by atomic mass is 9.99. The third-order valence-electron chi connectivity index (χ3n) is 6.15. The molecule has 0 fully saturated rings. The van der Waals surface area contributed by atoms with Gasteiger partial charge in [0.05, 0.1) is 5.69 Å². The summed E-state index contributed by atoms with van der Waals surface area (Å²) in [7, 11) is 0. The Labute approximate surface area is 220 Å². The van der Waals surface area contributed by atoms with Crippen molar-refractivity contribution in [2.24, 2.45) is 0 Å². The Morgan fingerprint density at radius 3 is 2.32 bits per heavy atom. The zero-order valence-electron chi connectivity index (χ0n) is 20.1. The fraction of sp³-hybridized carbons (Fsp3) is 0.0968. The summed E-state index contributed by atoms with van der Waals surface area (Å²) in [4.78, 5) is 30.4.